The van der Waals surface area contributed by atoms with E-state index in [1.54, 1.807) is 12.3 Å². The zero-order valence-electron chi connectivity index (χ0n) is 19.5. The molecule has 182 valence electrons. The minimum Gasteiger partial charge on any atom is -0.337 e. The van der Waals surface area contributed by atoms with Gasteiger partial charge in [0, 0.05) is 16.6 Å². The number of hydrogen-bond donors (Lipinski definition) is 2. The van der Waals surface area contributed by atoms with Gasteiger partial charge in [0.15, 0.2) is 11.6 Å². The number of fused-ring (bicyclic) bond motifs is 2. The van der Waals surface area contributed by atoms with E-state index in [1.807, 2.05) is 72.1 Å². The van der Waals surface area contributed by atoms with Crippen LogP contribution in [0.3, 0.4) is 0 Å². The molecule has 8 nitrogen and oxygen atoms in total. The molecule has 0 aliphatic rings. The van der Waals surface area contributed by atoms with Gasteiger partial charge >= 0.3 is 0 Å². The molecular formula is C28H16N6O2S2. The summed E-state index contributed by atoms with van der Waals surface area (Å²) in [5.74, 6) is 0.816. The highest BCUT2D eigenvalue weighted by Crippen LogP contribution is 2.31. The van der Waals surface area contributed by atoms with Crippen molar-refractivity contribution < 1.29 is 0 Å². The average Bonchev–Trinajstić information content (AvgIpc) is 3.62. The Morgan fingerprint density at radius 2 is 1.50 bits per heavy atom. The Kier molecular flexibility index (Phi) is 5.27. The smallest absolute Gasteiger partial charge is 0.291 e. The van der Waals surface area contributed by atoms with Gasteiger partial charge in [-0.3, -0.25) is 14.6 Å². The fourth-order valence-corrected chi connectivity index (χ4v) is 6.01. The van der Waals surface area contributed by atoms with Crippen molar-refractivity contribution in [2.75, 3.05) is 0 Å². The molecule has 7 rings (SSSR count). The number of thiophene rings is 2. The Bertz CT molecular complexity index is 2080. The van der Waals surface area contributed by atoms with Crippen molar-refractivity contribution >= 4 is 43.1 Å². The second-order valence-corrected chi connectivity index (χ2v) is 10.5. The van der Waals surface area contributed by atoms with Crippen LogP contribution in [0.5, 0.6) is 0 Å². The number of nitrogens with zero attached hydrogens (tertiary/aromatic N) is 4. The Hall–Kier alpha value is -4.80. The molecule has 7 aromatic rings. The predicted octanol–water partition coefficient (Wildman–Crippen LogP) is 5.74. The quantitative estimate of drug-likeness (QED) is 0.299. The van der Waals surface area contributed by atoms with E-state index in [0.717, 1.165) is 26.4 Å². The fourth-order valence-electron chi connectivity index (χ4n) is 4.22. The standard InChI is InChI=1S/C28H16N6O2S2/c35-26-17-13-22(15-5-2-1-3-6-15)38-28(17)34-25(32-26)21-8-4-7-18(30-21)16-9-10-20(29-14-16)24-31-19-11-12-37-23(19)27(36)33-24/h1-14H,(H,31,33,36)(H,32,34,35). The lowest BCUT2D eigenvalue weighted by molar-refractivity contribution is 1.14. The summed E-state index contributed by atoms with van der Waals surface area (Å²) in [5.41, 5.74) is 3.78. The third-order valence-corrected chi connectivity index (χ3v) is 8.09. The molecule has 1 aromatic carbocycles. The first-order valence-corrected chi connectivity index (χ1v) is 13.3. The molecule has 10 heteroatoms. The minimum atomic E-state index is -0.297. The van der Waals surface area contributed by atoms with E-state index in [2.05, 4.69) is 24.9 Å². The summed E-state index contributed by atoms with van der Waals surface area (Å²) in [6.45, 7) is 0. The van der Waals surface area contributed by atoms with E-state index < -0.39 is 0 Å². The van der Waals surface area contributed by atoms with E-state index in [1.165, 1.54) is 22.7 Å². The number of pyridine rings is 2. The molecule has 0 saturated carbocycles. The molecule has 0 saturated heterocycles. The number of hydrogen-bond acceptors (Lipinski definition) is 8. The maximum absolute atomic E-state index is 12.8. The molecule has 2 N–H and O–H groups in total. The van der Waals surface area contributed by atoms with Crippen LogP contribution >= 0.6 is 22.7 Å². The molecule has 0 radical (unpaired) electrons. The van der Waals surface area contributed by atoms with Gasteiger partial charge in [-0.15, -0.1) is 22.7 Å². The Labute approximate surface area is 222 Å². The van der Waals surface area contributed by atoms with E-state index in [-0.39, 0.29) is 11.1 Å². The van der Waals surface area contributed by atoms with Gasteiger partial charge in [-0.1, -0.05) is 36.4 Å². The van der Waals surface area contributed by atoms with Crippen molar-refractivity contribution in [3.63, 3.8) is 0 Å². The van der Waals surface area contributed by atoms with Gasteiger partial charge in [-0.2, -0.15) is 9.97 Å². The lowest BCUT2D eigenvalue weighted by atomic mass is 10.1. The van der Waals surface area contributed by atoms with Gasteiger partial charge in [0.2, 0.25) is 0 Å². The summed E-state index contributed by atoms with van der Waals surface area (Å²) in [7, 11) is 0. The fraction of sp³-hybridized carbons (Fsp3) is 0. The first-order chi connectivity index (χ1) is 18.6. The highest BCUT2D eigenvalue weighted by Gasteiger charge is 2.13. The van der Waals surface area contributed by atoms with E-state index in [0.29, 0.717) is 38.8 Å². The molecule has 38 heavy (non-hydrogen) atoms. The third kappa shape index (κ3) is 3.92. The summed E-state index contributed by atoms with van der Waals surface area (Å²) in [4.78, 5) is 51.0. The molecule has 6 heterocycles. The number of aromatic amines is 2. The summed E-state index contributed by atoms with van der Waals surface area (Å²) < 4.78 is 0.593. The topological polar surface area (TPSA) is 117 Å². The monoisotopic (exact) mass is 532 g/mol. The van der Waals surface area contributed by atoms with Crippen LogP contribution in [0.15, 0.2) is 94.0 Å². The van der Waals surface area contributed by atoms with Crippen LogP contribution in [0.2, 0.25) is 0 Å². The largest absolute Gasteiger partial charge is 0.337 e. The van der Waals surface area contributed by atoms with Gasteiger partial charge in [-0.25, -0.2) is 4.98 Å². The van der Waals surface area contributed by atoms with E-state index in [9.17, 15) is 9.59 Å². The highest BCUT2D eigenvalue weighted by molar-refractivity contribution is 7.21. The molecule has 0 aliphatic heterocycles. The summed E-state index contributed by atoms with van der Waals surface area (Å²) in [5, 5.41) is 2.41. The predicted molar refractivity (Wildman–Crippen MR) is 151 cm³/mol. The van der Waals surface area contributed by atoms with Crippen LogP contribution in [0, 0.1) is 0 Å². The highest BCUT2D eigenvalue weighted by atomic mass is 32.1. The van der Waals surface area contributed by atoms with Gasteiger partial charge in [-0.05, 0) is 47.3 Å². The molecule has 0 amide bonds. The zero-order chi connectivity index (χ0) is 25.6. The van der Waals surface area contributed by atoms with E-state index >= 15 is 0 Å². The van der Waals surface area contributed by atoms with Gasteiger partial charge in [0.25, 0.3) is 11.1 Å². The third-order valence-electron chi connectivity index (χ3n) is 6.09. The summed E-state index contributed by atoms with van der Waals surface area (Å²) in [6, 6.07) is 22.9. The summed E-state index contributed by atoms with van der Waals surface area (Å²) in [6.07, 6.45) is 1.68. The maximum atomic E-state index is 12.8. The van der Waals surface area contributed by atoms with Crippen LogP contribution in [0.1, 0.15) is 0 Å². The van der Waals surface area contributed by atoms with Gasteiger partial charge < -0.3 is 9.97 Å². The van der Waals surface area contributed by atoms with Crippen LogP contribution in [-0.2, 0) is 0 Å². The molecule has 6 aromatic heterocycles. The number of nitrogens with one attached hydrogen (secondary N) is 2. The van der Waals surface area contributed by atoms with Crippen molar-refractivity contribution in [2.24, 2.45) is 0 Å². The molecule has 0 atom stereocenters. The normalized spacial score (nSPS) is 11.4. The SMILES string of the molecule is O=c1nc(-c2cccc(-c3ccc(-c4nc(=O)c5sccc5[nH]4)nc3)n2)[nH]c2sc(-c3ccccc3)cc12. The van der Waals surface area contributed by atoms with Crippen LogP contribution in [-0.4, -0.2) is 29.9 Å². The first kappa shape index (κ1) is 22.4. The van der Waals surface area contributed by atoms with Crippen molar-refractivity contribution in [3.05, 3.63) is 105 Å². The number of aromatic nitrogens is 6. The molecular weight excluding hydrogens is 516 g/mol. The Morgan fingerprint density at radius 1 is 0.684 bits per heavy atom. The molecule has 0 spiro atoms. The van der Waals surface area contributed by atoms with Crippen LogP contribution in [0.25, 0.3) is 65.2 Å². The Morgan fingerprint density at radius 3 is 2.34 bits per heavy atom. The van der Waals surface area contributed by atoms with Crippen LogP contribution < -0.4 is 11.1 Å². The minimum absolute atomic E-state index is 0.274. The van der Waals surface area contributed by atoms with Gasteiger partial charge in [0.05, 0.1) is 16.6 Å². The second kappa shape index (κ2) is 8.94. The molecule has 0 aliphatic carbocycles. The second-order valence-electron chi connectivity index (χ2n) is 8.50. The molecule has 0 fully saturated rings. The maximum Gasteiger partial charge on any atom is 0.291 e. The van der Waals surface area contributed by atoms with Crippen molar-refractivity contribution in [2.45, 2.75) is 0 Å². The molecule has 0 bridgehead atoms. The summed E-state index contributed by atoms with van der Waals surface area (Å²) >= 11 is 2.87. The average molecular weight is 533 g/mol. The van der Waals surface area contributed by atoms with E-state index in [4.69, 9.17) is 4.98 Å². The molecule has 0 unspecified atom stereocenters. The zero-order valence-corrected chi connectivity index (χ0v) is 21.1. The first-order valence-electron chi connectivity index (χ1n) is 11.6. The lowest BCUT2D eigenvalue weighted by Crippen LogP contribution is -2.08. The lowest BCUT2D eigenvalue weighted by Gasteiger charge is -2.06. The number of H-pyrrole nitrogens is 2. The Balaban J connectivity index is 1.23. The number of rotatable bonds is 4. The van der Waals surface area contributed by atoms with Crippen molar-refractivity contribution in [3.8, 4) is 44.7 Å². The van der Waals surface area contributed by atoms with Crippen molar-refractivity contribution in [1.29, 1.82) is 0 Å². The van der Waals surface area contributed by atoms with Crippen molar-refractivity contribution in [1.82, 2.24) is 29.9 Å². The number of benzene rings is 1. The van der Waals surface area contributed by atoms with Crippen LogP contribution in [0.4, 0.5) is 0 Å². The van der Waals surface area contributed by atoms with Gasteiger partial charge in [0.1, 0.15) is 20.9 Å².